The Morgan fingerprint density at radius 3 is 2.36 bits per heavy atom. The molecule has 1 aliphatic rings. The summed E-state index contributed by atoms with van der Waals surface area (Å²) in [4.78, 5) is 19.9. The summed E-state index contributed by atoms with van der Waals surface area (Å²) in [6.45, 7) is 3.93. The number of amides is 1. The van der Waals surface area contributed by atoms with Gasteiger partial charge >= 0.3 is 0 Å². The molecule has 1 saturated heterocycles. The van der Waals surface area contributed by atoms with E-state index in [1.54, 1.807) is 37.3 Å². The van der Waals surface area contributed by atoms with Crippen molar-refractivity contribution in [3.63, 3.8) is 0 Å². The van der Waals surface area contributed by atoms with Crippen LogP contribution in [0.1, 0.15) is 19.4 Å². The normalized spacial score (nSPS) is 17.1. The SMILES string of the molecule is COc1cc(Cl)c(/C=C2/SC(=Nc3ccccc3)N(C(C)C)C2=O)cc1OC. The van der Waals surface area contributed by atoms with Gasteiger partial charge in [-0.05, 0) is 55.4 Å². The van der Waals surface area contributed by atoms with Gasteiger partial charge in [0.05, 0.1) is 29.8 Å². The van der Waals surface area contributed by atoms with Gasteiger partial charge in [-0.25, -0.2) is 4.99 Å². The second-order valence-corrected chi connectivity index (χ2v) is 7.75. The first-order chi connectivity index (χ1) is 13.4. The highest BCUT2D eigenvalue weighted by atomic mass is 35.5. The average Bonchev–Trinajstić information content (AvgIpc) is 2.98. The lowest BCUT2D eigenvalue weighted by Crippen LogP contribution is -2.35. The number of rotatable bonds is 5. The number of carbonyl (C=O) groups excluding carboxylic acids is 1. The van der Waals surface area contributed by atoms with Gasteiger partial charge in [-0.15, -0.1) is 0 Å². The average molecular weight is 417 g/mol. The number of amidine groups is 1. The maximum Gasteiger partial charge on any atom is 0.266 e. The minimum Gasteiger partial charge on any atom is -0.493 e. The van der Waals surface area contributed by atoms with Crippen molar-refractivity contribution in [2.24, 2.45) is 4.99 Å². The molecule has 1 fully saturated rings. The van der Waals surface area contributed by atoms with Crippen LogP contribution in [-0.4, -0.2) is 36.2 Å². The van der Waals surface area contributed by atoms with E-state index in [9.17, 15) is 4.79 Å². The summed E-state index contributed by atoms with van der Waals surface area (Å²) in [6, 6.07) is 13.0. The first-order valence-corrected chi connectivity index (χ1v) is 9.92. The second-order valence-electron chi connectivity index (χ2n) is 6.34. The molecule has 2 aromatic rings. The molecular weight excluding hydrogens is 396 g/mol. The topological polar surface area (TPSA) is 51.1 Å². The highest BCUT2D eigenvalue weighted by Gasteiger charge is 2.35. The monoisotopic (exact) mass is 416 g/mol. The summed E-state index contributed by atoms with van der Waals surface area (Å²) < 4.78 is 10.6. The van der Waals surface area contributed by atoms with Gasteiger partial charge in [-0.3, -0.25) is 9.69 Å². The lowest BCUT2D eigenvalue weighted by molar-refractivity contribution is -0.123. The van der Waals surface area contributed by atoms with E-state index in [-0.39, 0.29) is 11.9 Å². The van der Waals surface area contributed by atoms with Crippen LogP contribution in [0.4, 0.5) is 5.69 Å². The van der Waals surface area contributed by atoms with Crippen molar-refractivity contribution in [3.05, 3.63) is 58.0 Å². The quantitative estimate of drug-likeness (QED) is 0.615. The maximum absolute atomic E-state index is 13.0. The Kier molecular flexibility index (Phi) is 6.31. The van der Waals surface area contributed by atoms with Crippen LogP contribution in [0.2, 0.25) is 5.02 Å². The predicted octanol–water partition coefficient (Wildman–Crippen LogP) is 5.37. The van der Waals surface area contributed by atoms with Crippen LogP contribution in [0, 0.1) is 0 Å². The number of methoxy groups -OCH3 is 2. The van der Waals surface area contributed by atoms with E-state index in [2.05, 4.69) is 4.99 Å². The zero-order valence-electron chi connectivity index (χ0n) is 16.1. The molecule has 1 amide bonds. The van der Waals surface area contributed by atoms with Crippen molar-refractivity contribution in [1.29, 1.82) is 0 Å². The van der Waals surface area contributed by atoms with E-state index in [0.29, 0.717) is 32.2 Å². The van der Waals surface area contributed by atoms with Gasteiger partial charge < -0.3 is 9.47 Å². The fourth-order valence-corrected chi connectivity index (χ4v) is 4.07. The van der Waals surface area contributed by atoms with Gasteiger partial charge in [0.15, 0.2) is 16.7 Å². The third-order valence-electron chi connectivity index (χ3n) is 4.12. The van der Waals surface area contributed by atoms with Crippen LogP contribution in [-0.2, 0) is 4.79 Å². The minimum atomic E-state index is -0.0967. The molecule has 0 bridgehead atoms. The Bertz CT molecular complexity index is 942. The Labute approximate surface area is 174 Å². The fourth-order valence-electron chi connectivity index (χ4n) is 2.75. The van der Waals surface area contributed by atoms with Crippen LogP contribution in [0.15, 0.2) is 52.4 Å². The molecule has 0 aromatic heterocycles. The Balaban J connectivity index is 2.01. The number of ether oxygens (including phenoxy) is 2. The molecule has 5 nitrogen and oxygen atoms in total. The number of hydrogen-bond acceptors (Lipinski definition) is 5. The van der Waals surface area contributed by atoms with Gasteiger partial charge in [-0.2, -0.15) is 0 Å². The third kappa shape index (κ3) is 4.18. The molecule has 0 aliphatic carbocycles. The molecular formula is C21H21ClN2O3S. The van der Waals surface area contributed by atoms with Gasteiger partial charge in [-0.1, -0.05) is 29.8 Å². The van der Waals surface area contributed by atoms with E-state index in [1.807, 2.05) is 44.2 Å². The highest BCUT2D eigenvalue weighted by molar-refractivity contribution is 8.18. The van der Waals surface area contributed by atoms with Crippen LogP contribution < -0.4 is 9.47 Å². The maximum atomic E-state index is 13.0. The molecule has 28 heavy (non-hydrogen) atoms. The van der Waals surface area contributed by atoms with Gasteiger partial charge in [0.25, 0.3) is 5.91 Å². The molecule has 146 valence electrons. The number of hydrogen-bond donors (Lipinski definition) is 0. The first-order valence-electron chi connectivity index (χ1n) is 8.73. The molecule has 0 unspecified atom stereocenters. The smallest absolute Gasteiger partial charge is 0.266 e. The Hall–Kier alpha value is -2.44. The van der Waals surface area contributed by atoms with Gasteiger partial charge in [0.1, 0.15) is 0 Å². The fraction of sp³-hybridized carbons (Fsp3) is 0.238. The number of para-hydroxylation sites is 1. The number of benzene rings is 2. The van der Waals surface area contributed by atoms with Gasteiger partial charge in [0.2, 0.25) is 0 Å². The van der Waals surface area contributed by atoms with Crippen molar-refractivity contribution in [1.82, 2.24) is 4.90 Å². The van der Waals surface area contributed by atoms with Crippen molar-refractivity contribution >= 4 is 46.2 Å². The number of nitrogens with zero attached hydrogens (tertiary/aromatic N) is 2. The first kappa shape index (κ1) is 20.3. The molecule has 0 radical (unpaired) electrons. The Morgan fingerprint density at radius 1 is 1.11 bits per heavy atom. The van der Waals surface area contributed by atoms with Crippen LogP contribution >= 0.6 is 23.4 Å². The van der Waals surface area contributed by atoms with Crippen molar-refractivity contribution in [2.75, 3.05) is 14.2 Å². The summed E-state index contributed by atoms with van der Waals surface area (Å²) in [5.41, 5.74) is 1.48. The molecule has 0 spiro atoms. The second kappa shape index (κ2) is 8.71. The number of aliphatic imine (C=N–C) groups is 1. The van der Waals surface area contributed by atoms with E-state index in [4.69, 9.17) is 21.1 Å². The summed E-state index contributed by atoms with van der Waals surface area (Å²) in [7, 11) is 3.11. The van der Waals surface area contributed by atoms with Crippen molar-refractivity contribution in [2.45, 2.75) is 19.9 Å². The minimum absolute atomic E-state index is 0.0192. The lowest BCUT2D eigenvalue weighted by Gasteiger charge is -2.19. The molecule has 7 heteroatoms. The van der Waals surface area contributed by atoms with E-state index in [1.165, 1.54) is 11.8 Å². The molecule has 1 heterocycles. The largest absolute Gasteiger partial charge is 0.493 e. The van der Waals surface area contributed by atoms with E-state index < -0.39 is 0 Å². The molecule has 1 aliphatic heterocycles. The van der Waals surface area contributed by atoms with E-state index in [0.717, 1.165) is 5.69 Å². The summed E-state index contributed by atoms with van der Waals surface area (Å²) >= 11 is 7.72. The van der Waals surface area contributed by atoms with Crippen LogP contribution in [0.25, 0.3) is 6.08 Å². The summed E-state index contributed by atoms with van der Waals surface area (Å²) in [6.07, 6.45) is 1.76. The molecule has 2 aromatic carbocycles. The number of carbonyl (C=O) groups is 1. The third-order valence-corrected chi connectivity index (χ3v) is 5.43. The van der Waals surface area contributed by atoms with Gasteiger partial charge in [0, 0.05) is 12.1 Å². The molecule has 0 atom stereocenters. The standard InChI is InChI=1S/C21H21ClN2O3S/c1-13(2)24-20(25)19(28-21(24)23-15-8-6-5-7-9-15)11-14-10-17(26-3)18(27-4)12-16(14)22/h5-13H,1-4H3/b19-11+,23-21?. The molecule has 0 N–H and O–H groups in total. The van der Waals surface area contributed by atoms with E-state index >= 15 is 0 Å². The van der Waals surface area contributed by atoms with Crippen LogP contribution in [0.5, 0.6) is 11.5 Å². The van der Waals surface area contributed by atoms with Crippen LogP contribution in [0.3, 0.4) is 0 Å². The zero-order valence-corrected chi connectivity index (χ0v) is 17.7. The van der Waals surface area contributed by atoms with Crippen molar-refractivity contribution < 1.29 is 14.3 Å². The number of halogens is 1. The summed E-state index contributed by atoms with van der Waals surface area (Å²) in [5, 5.41) is 1.12. The predicted molar refractivity (Wildman–Crippen MR) is 116 cm³/mol. The zero-order chi connectivity index (χ0) is 20.3. The van der Waals surface area contributed by atoms with Crippen molar-refractivity contribution in [3.8, 4) is 11.5 Å². The number of thioether (sulfide) groups is 1. The Morgan fingerprint density at radius 2 is 1.75 bits per heavy atom. The molecule has 3 rings (SSSR count). The highest BCUT2D eigenvalue weighted by Crippen LogP contribution is 2.39. The lowest BCUT2D eigenvalue weighted by atomic mass is 10.1. The summed E-state index contributed by atoms with van der Waals surface area (Å²) in [5.74, 6) is 0.990. The molecule has 0 saturated carbocycles.